The fourth-order valence-electron chi connectivity index (χ4n) is 2.46. The van der Waals surface area contributed by atoms with Crippen LogP contribution in [0.1, 0.15) is 19.8 Å². The van der Waals surface area contributed by atoms with E-state index in [-0.39, 0.29) is 5.91 Å². The van der Waals surface area contributed by atoms with Gasteiger partial charge in [-0.1, -0.05) is 6.92 Å². The number of likely N-dealkylation sites (tertiary alicyclic amines) is 1. The Bertz CT molecular complexity index is 464. The zero-order chi connectivity index (χ0) is 13.8. The van der Waals surface area contributed by atoms with Crippen molar-refractivity contribution in [3.63, 3.8) is 0 Å². The summed E-state index contributed by atoms with van der Waals surface area (Å²) in [5.74, 6) is 0.0725. The van der Waals surface area contributed by atoms with Crippen LogP contribution >= 0.6 is 0 Å². The summed E-state index contributed by atoms with van der Waals surface area (Å²) in [5.41, 5.74) is 6.42. The van der Waals surface area contributed by atoms with E-state index in [4.69, 9.17) is 5.73 Å². The van der Waals surface area contributed by atoms with Gasteiger partial charge >= 0.3 is 0 Å². The van der Waals surface area contributed by atoms with Crippen molar-refractivity contribution in [2.75, 3.05) is 30.7 Å². The van der Waals surface area contributed by atoms with E-state index in [1.54, 1.807) is 0 Å². The van der Waals surface area contributed by atoms with Gasteiger partial charge in [-0.2, -0.15) is 0 Å². The molecule has 104 valence electrons. The second kappa shape index (κ2) is 6.02. The highest BCUT2D eigenvalue weighted by Crippen LogP contribution is 2.20. The summed E-state index contributed by atoms with van der Waals surface area (Å²) in [6.45, 7) is 4.40. The second-order valence-electron chi connectivity index (χ2n) is 5.26. The predicted octanol–water partition coefficient (Wildman–Crippen LogP) is 2.08. The summed E-state index contributed by atoms with van der Waals surface area (Å²) in [5, 5.41) is 2.67. The number of piperidine rings is 1. The lowest BCUT2D eigenvalue weighted by molar-refractivity contribution is -0.117. The van der Waals surface area contributed by atoms with Crippen LogP contribution in [0.25, 0.3) is 0 Å². The largest absolute Gasteiger partial charge is 0.397 e. The smallest absolute Gasteiger partial charge is 0.238 e. The Morgan fingerprint density at radius 2 is 2.37 bits per heavy atom. The van der Waals surface area contributed by atoms with Gasteiger partial charge in [-0.3, -0.25) is 9.69 Å². The van der Waals surface area contributed by atoms with Crippen LogP contribution < -0.4 is 11.1 Å². The van der Waals surface area contributed by atoms with E-state index >= 15 is 0 Å². The lowest BCUT2D eigenvalue weighted by Gasteiger charge is -2.30. The molecule has 0 bridgehead atoms. The normalized spacial score (nSPS) is 20.2. The number of carbonyl (C=O) groups excluding carboxylic acids is 1. The Morgan fingerprint density at radius 3 is 3.11 bits per heavy atom. The van der Waals surface area contributed by atoms with E-state index in [1.165, 1.54) is 24.6 Å². The first-order valence-corrected chi connectivity index (χ1v) is 6.62. The molecule has 1 aliphatic heterocycles. The number of rotatable bonds is 3. The van der Waals surface area contributed by atoms with Crippen LogP contribution in [-0.2, 0) is 4.79 Å². The Labute approximate surface area is 112 Å². The van der Waals surface area contributed by atoms with E-state index in [0.29, 0.717) is 23.8 Å². The lowest BCUT2D eigenvalue weighted by atomic mass is 10.0. The third kappa shape index (κ3) is 3.92. The third-order valence-electron chi connectivity index (χ3n) is 3.40. The van der Waals surface area contributed by atoms with Crippen molar-refractivity contribution in [2.45, 2.75) is 19.8 Å². The molecule has 4 nitrogen and oxygen atoms in total. The molecular formula is C14H20FN3O. The molecule has 0 aromatic heterocycles. The van der Waals surface area contributed by atoms with Crippen LogP contribution in [-0.4, -0.2) is 30.4 Å². The van der Waals surface area contributed by atoms with Gasteiger partial charge in [-0.15, -0.1) is 0 Å². The van der Waals surface area contributed by atoms with Crippen LogP contribution in [0.2, 0.25) is 0 Å². The molecule has 0 aliphatic carbocycles. The number of nitrogens with one attached hydrogen (secondary N) is 1. The molecule has 19 heavy (non-hydrogen) atoms. The molecule has 2 rings (SSSR count). The number of anilines is 2. The van der Waals surface area contributed by atoms with Crippen LogP contribution in [0, 0.1) is 11.7 Å². The topological polar surface area (TPSA) is 58.4 Å². The molecule has 1 heterocycles. The summed E-state index contributed by atoms with van der Waals surface area (Å²) in [4.78, 5) is 14.0. The number of hydrogen-bond donors (Lipinski definition) is 2. The number of hydrogen-bond acceptors (Lipinski definition) is 3. The van der Waals surface area contributed by atoms with Gasteiger partial charge in [0, 0.05) is 6.54 Å². The molecule has 1 fully saturated rings. The third-order valence-corrected chi connectivity index (χ3v) is 3.40. The Hall–Kier alpha value is -1.62. The summed E-state index contributed by atoms with van der Waals surface area (Å²) in [7, 11) is 0. The van der Waals surface area contributed by atoms with E-state index in [1.807, 2.05) is 0 Å². The van der Waals surface area contributed by atoms with Gasteiger partial charge in [0.05, 0.1) is 17.9 Å². The molecule has 1 atom stereocenters. The van der Waals surface area contributed by atoms with Crippen molar-refractivity contribution in [2.24, 2.45) is 5.92 Å². The van der Waals surface area contributed by atoms with Crippen molar-refractivity contribution >= 4 is 17.3 Å². The molecule has 0 saturated carbocycles. The standard InChI is InChI=1S/C14H20FN3O/c1-10-3-2-6-18(8-10)9-14(19)17-13-7-11(15)4-5-12(13)16/h4-5,7,10H,2-3,6,8-9,16H2,1H3,(H,17,19). The van der Waals surface area contributed by atoms with Gasteiger partial charge in [0.25, 0.3) is 0 Å². The number of amides is 1. The molecule has 1 unspecified atom stereocenters. The highest BCUT2D eigenvalue weighted by molar-refractivity contribution is 5.95. The Morgan fingerprint density at radius 1 is 1.58 bits per heavy atom. The van der Waals surface area contributed by atoms with Gasteiger partial charge in [0.2, 0.25) is 5.91 Å². The van der Waals surface area contributed by atoms with Crippen molar-refractivity contribution < 1.29 is 9.18 Å². The molecule has 0 radical (unpaired) electrons. The summed E-state index contributed by atoms with van der Waals surface area (Å²) in [6.07, 6.45) is 2.34. The van der Waals surface area contributed by atoms with Crippen LogP contribution in [0.15, 0.2) is 18.2 Å². The van der Waals surface area contributed by atoms with Crippen molar-refractivity contribution in [3.8, 4) is 0 Å². The number of nitrogens with zero attached hydrogens (tertiary/aromatic N) is 1. The minimum absolute atomic E-state index is 0.147. The molecule has 5 heteroatoms. The first kappa shape index (κ1) is 13.8. The molecule has 1 amide bonds. The predicted molar refractivity (Wildman–Crippen MR) is 74.3 cm³/mol. The van der Waals surface area contributed by atoms with Gasteiger partial charge in [-0.25, -0.2) is 4.39 Å². The quantitative estimate of drug-likeness (QED) is 0.823. The molecular weight excluding hydrogens is 245 g/mol. The maximum atomic E-state index is 13.1. The van der Waals surface area contributed by atoms with Gasteiger partial charge in [0.1, 0.15) is 5.82 Å². The van der Waals surface area contributed by atoms with Gasteiger partial charge in [0.15, 0.2) is 0 Å². The van der Waals surface area contributed by atoms with E-state index in [2.05, 4.69) is 17.1 Å². The highest BCUT2D eigenvalue weighted by Gasteiger charge is 2.18. The average Bonchev–Trinajstić information content (AvgIpc) is 2.34. The SMILES string of the molecule is CC1CCCN(CC(=O)Nc2cc(F)ccc2N)C1. The minimum atomic E-state index is -0.406. The zero-order valence-corrected chi connectivity index (χ0v) is 11.2. The van der Waals surface area contributed by atoms with Crippen LogP contribution in [0.5, 0.6) is 0 Å². The van der Waals surface area contributed by atoms with Crippen molar-refractivity contribution in [1.29, 1.82) is 0 Å². The maximum Gasteiger partial charge on any atom is 0.238 e. The number of nitrogen functional groups attached to an aromatic ring is 1. The van der Waals surface area contributed by atoms with Crippen molar-refractivity contribution in [1.82, 2.24) is 4.90 Å². The number of carbonyl (C=O) groups is 1. The molecule has 3 N–H and O–H groups in total. The van der Waals surface area contributed by atoms with Gasteiger partial charge < -0.3 is 11.1 Å². The summed E-state index contributed by atoms with van der Waals surface area (Å²) in [6, 6.07) is 3.97. The fraction of sp³-hybridized carbons (Fsp3) is 0.500. The zero-order valence-electron chi connectivity index (χ0n) is 11.2. The molecule has 0 spiro atoms. The van der Waals surface area contributed by atoms with E-state index in [9.17, 15) is 9.18 Å². The number of nitrogens with two attached hydrogens (primary N) is 1. The summed E-state index contributed by atoms with van der Waals surface area (Å²) < 4.78 is 13.1. The average molecular weight is 265 g/mol. The van der Waals surface area contributed by atoms with Crippen LogP contribution in [0.4, 0.5) is 15.8 Å². The van der Waals surface area contributed by atoms with E-state index in [0.717, 1.165) is 19.5 Å². The minimum Gasteiger partial charge on any atom is -0.397 e. The van der Waals surface area contributed by atoms with Gasteiger partial charge in [-0.05, 0) is 43.5 Å². The fourth-order valence-corrected chi connectivity index (χ4v) is 2.46. The number of halogens is 1. The second-order valence-corrected chi connectivity index (χ2v) is 5.26. The molecule has 1 aliphatic rings. The number of benzene rings is 1. The lowest BCUT2D eigenvalue weighted by Crippen LogP contribution is -2.39. The van der Waals surface area contributed by atoms with E-state index < -0.39 is 5.82 Å². The molecule has 1 aromatic rings. The molecule has 1 aromatic carbocycles. The van der Waals surface area contributed by atoms with Crippen molar-refractivity contribution in [3.05, 3.63) is 24.0 Å². The first-order chi connectivity index (χ1) is 9.04. The maximum absolute atomic E-state index is 13.1. The Kier molecular flexibility index (Phi) is 4.37. The molecule has 1 saturated heterocycles. The Balaban J connectivity index is 1.92. The summed E-state index contributed by atoms with van der Waals surface area (Å²) >= 11 is 0. The van der Waals surface area contributed by atoms with Crippen LogP contribution in [0.3, 0.4) is 0 Å². The first-order valence-electron chi connectivity index (χ1n) is 6.62. The monoisotopic (exact) mass is 265 g/mol. The highest BCUT2D eigenvalue weighted by atomic mass is 19.1.